The number of hydrogen-bond donors (Lipinski definition) is 1. The second kappa shape index (κ2) is 4.49. The third-order valence-corrected chi connectivity index (χ3v) is 2.74. The number of nitriles is 1. The third kappa shape index (κ3) is 2.33. The number of nitrogens with one attached hydrogen (secondary N) is 1. The molecule has 0 unspecified atom stereocenters. The van der Waals surface area contributed by atoms with E-state index in [1.54, 1.807) is 0 Å². The van der Waals surface area contributed by atoms with Crippen molar-refractivity contribution in [3.63, 3.8) is 0 Å². The van der Waals surface area contributed by atoms with Gasteiger partial charge in [-0.2, -0.15) is 5.26 Å². The molecule has 0 aliphatic rings. The summed E-state index contributed by atoms with van der Waals surface area (Å²) in [4.78, 5) is 15.5. The highest BCUT2D eigenvalue weighted by atomic mass is 16.3. The zero-order valence-electron chi connectivity index (χ0n) is 10.2. The Kier molecular flexibility index (Phi) is 3.02. The van der Waals surface area contributed by atoms with Crippen LogP contribution in [0.5, 0.6) is 0 Å². The molecule has 92 valence electrons. The largest absolute Gasteiger partial charge is 0.443 e. The Hall–Kier alpha value is -2.35. The highest BCUT2D eigenvalue weighted by Crippen LogP contribution is 2.24. The molecule has 0 aliphatic carbocycles. The lowest BCUT2D eigenvalue weighted by molar-refractivity contribution is -0.121. The fourth-order valence-corrected chi connectivity index (χ4v) is 1.78. The Bertz CT molecular complexity index is 622. The number of nitrogens with zero attached hydrogens (tertiary/aromatic N) is 2. The van der Waals surface area contributed by atoms with Gasteiger partial charge in [0.05, 0.1) is 11.6 Å². The molecule has 0 saturated carbocycles. The average Bonchev–Trinajstić information content (AvgIpc) is 2.75. The average molecular weight is 243 g/mol. The number of carbonyl (C=O) groups is 1. The molecule has 0 spiro atoms. The molecule has 2 rings (SSSR count). The van der Waals surface area contributed by atoms with Crippen molar-refractivity contribution in [1.29, 1.82) is 5.26 Å². The monoisotopic (exact) mass is 243 g/mol. The van der Waals surface area contributed by atoms with Crippen LogP contribution >= 0.6 is 0 Å². The van der Waals surface area contributed by atoms with Gasteiger partial charge >= 0.3 is 0 Å². The Morgan fingerprint density at radius 3 is 3.06 bits per heavy atom. The Morgan fingerprint density at radius 2 is 2.33 bits per heavy atom. The van der Waals surface area contributed by atoms with E-state index in [1.807, 2.05) is 38.1 Å². The SMILES string of the molecule is CC(C)(NC(=O)CC#N)c1ccc2ncoc2c1. The molecule has 0 fully saturated rings. The summed E-state index contributed by atoms with van der Waals surface area (Å²) >= 11 is 0. The molecule has 5 heteroatoms. The topological polar surface area (TPSA) is 78.9 Å². The lowest BCUT2D eigenvalue weighted by Gasteiger charge is -2.26. The molecular formula is C13H13N3O2. The minimum atomic E-state index is -0.561. The van der Waals surface area contributed by atoms with Crippen LogP contribution in [0.25, 0.3) is 11.1 Å². The number of oxazole rings is 1. The van der Waals surface area contributed by atoms with Crippen LogP contribution in [0.1, 0.15) is 25.8 Å². The van der Waals surface area contributed by atoms with Crippen LogP contribution < -0.4 is 5.32 Å². The number of fused-ring (bicyclic) bond motifs is 1. The van der Waals surface area contributed by atoms with E-state index in [0.717, 1.165) is 11.1 Å². The van der Waals surface area contributed by atoms with E-state index in [1.165, 1.54) is 6.39 Å². The van der Waals surface area contributed by atoms with Crippen molar-refractivity contribution in [3.05, 3.63) is 30.2 Å². The van der Waals surface area contributed by atoms with E-state index in [9.17, 15) is 4.79 Å². The summed E-state index contributed by atoms with van der Waals surface area (Å²) < 4.78 is 5.23. The van der Waals surface area contributed by atoms with Crippen LogP contribution in [0.4, 0.5) is 0 Å². The van der Waals surface area contributed by atoms with Crippen molar-refractivity contribution in [2.75, 3.05) is 0 Å². The van der Waals surface area contributed by atoms with Gasteiger partial charge < -0.3 is 9.73 Å². The summed E-state index contributed by atoms with van der Waals surface area (Å²) in [5.41, 5.74) is 1.79. The first-order valence-corrected chi connectivity index (χ1v) is 5.54. The van der Waals surface area contributed by atoms with E-state index >= 15 is 0 Å². The third-order valence-electron chi connectivity index (χ3n) is 2.74. The van der Waals surface area contributed by atoms with Crippen molar-refractivity contribution in [1.82, 2.24) is 10.3 Å². The number of amides is 1. The number of carbonyl (C=O) groups excluding carboxylic acids is 1. The van der Waals surface area contributed by atoms with E-state index in [0.29, 0.717) is 5.58 Å². The summed E-state index contributed by atoms with van der Waals surface area (Å²) in [5.74, 6) is -0.292. The van der Waals surface area contributed by atoms with Gasteiger partial charge in [0.1, 0.15) is 11.9 Å². The predicted molar refractivity (Wildman–Crippen MR) is 65.4 cm³/mol. The molecule has 1 aromatic carbocycles. The minimum absolute atomic E-state index is 0.145. The van der Waals surface area contributed by atoms with Gasteiger partial charge in [-0.25, -0.2) is 4.98 Å². The van der Waals surface area contributed by atoms with Gasteiger partial charge in [-0.3, -0.25) is 4.79 Å². The number of hydrogen-bond acceptors (Lipinski definition) is 4. The maximum atomic E-state index is 11.5. The zero-order valence-corrected chi connectivity index (χ0v) is 10.2. The molecule has 0 saturated heterocycles. The minimum Gasteiger partial charge on any atom is -0.443 e. The molecular weight excluding hydrogens is 230 g/mol. The first-order valence-electron chi connectivity index (χ1n) is 5.54. The van der Waals surface area contributed by atoms with Crippen LogP contribution in [0, 0.1) is 11.3 Å². The first kappa shape index (κ1) is 12.1. The van der Waals surface area contributed by atoms with Crippen molar-refractivity contribution in [2.45, 2.75) is 25.8 Å². The summed E-state index contributed by atoms with van der Waals surface area (Å²) in [7, 11) is 0. The van der Waals surface area contributed by atoms with Gasteiger partial charge in [0.15, 0.2) is 12.0 Å². The molecule has 5 nitrogen and oxygen atoms in total. The van der Waals surface area contributed by atoms with Gasteiger partial charge in [0.25, 0.3) is 0 Å². The van der Waals surface area contributed by atoms with Crippen molar-refractivity contribution in [3.8, 4) is 6.07 Å². The molecule has 1 aromatic heterocycles. The molecule has 0 aliphatic heterocycles. The van der Waals surface area contributed by atoms with Gasteiger partial charge in [0, 0.05) is 0 Å². The molecule has 1 heterocycles. The number of aromatic nitrogens is 1. The quantitative estimate of drug-likeness (QED) is 0.895. The Labute approximate surface area is 104 Å². The number of benzene rings is 1. The lowest BCUT2D eigenvalue weighted by atomic mass is 9.94. The van der Waals surface area contributed by atoms with Crippen LogP contribution in [0.2, 0.25) is 0 Å². The second-order valence-corrected chi connectivity index (χ2v) is 4.54. The standard InChI is InChI=1S/C13H13N3O2/c1-13(2,16-12(17)5-6-14)9-3-4-10-11(7-9)18-8-15-10/h3-4,7-8H,5H2,1-2H3,(H,16,17). The van der Waals surface area contributed by atoms with E-state index in [-0.39, 0.29) is 12.3 Å². The smallest absolute Gasteiger partial charge is 0.234 e. The molecule has 0 atom stereocenters. The summed E-state index contributed by atoms with van der Waals surface area (Å²) in [6, 6.07) is 7.39. The van der Waals surface area contributed by atoms with Gasteiger partial charge in [-0.05, 0) is 31.5 Å². The molecule has 2 aromatic rings. The summed E-state index contributed by atoms with van der Waals surface area (Å²) in [6.45, 7) is 3.75. The maximum Gasteiger partial charge on any atom is 0.234 e. The maximum absolute atomic E-state index is 11.5. The molecule has 0 bridgehead atoms. The molecule has 1 amide bonds. The zero-order chi connectivity index (χ0) is 13.2. The first-order chi connectivity index (χ1) is 8.53. The van der Waals surface area contributed by atoms with Gasteiger partial charge in [-0.15, -0.1) is 0 Å². The van der Waals surface area contributed by atoms with Crippen LogP contribution in [0.3, 0.4) is 0 Å². The van der Waals surface area contributed by atoms with Gasteiger partial charge in [-0.1, -0.05) is 6.07 Å². The fraction of sp³-hybridized carbons (Fsp3) is 0.308. The van der Waals surface area contributed by atoms with Crippen LogP contribution in [-0.2, 0) is 10.3 Å². The molecule has 18 heavy (non-hydrogen) atoms. The molecule has 0 radical (unpaired) electrons. The Balaban J connectivity index is 2.28. The second-order valence-electron chi connectivity index (χ2n) is 4.54. The van der Waals surface area contributed by atoms with Crippen molar-refractivity contribution < 1.29 is 9.21 Å². The number of rotatable bonds is 3. The Morgan fingerprint density at radius 1 is 1.56 bits per heavy atom. The summed E-state index contributed by atoms with van der Waals surface area (Å²) in [5, 5.41) is 11.3. The fourth-order valence-electron chi connectivity index (χ4n) is 1.78. The lowest BCUT2D eigenvalue weighted by Crippen LogP contribution is -2.40. The van der Waals surface area contributed by atoms with Gasteiger partial charge in [0.2, 0.25) is 5.91 Å². The normalized spacial score (nSPS) is 11.2. The summed E-state index contributed by atoms with van der Waals surface area (Å²) in [6.07, 6.45) is 1.24. The van der Waals surface area contributed by atoms with Crippen LogP contribution in [-0.4, -0.2) is 10.9 Å². The van der Waals surface area contributed by atoms with Crippen molar-refractivity contribution in [2.24, 2.45) is 0 Å². The highest BCUT2D eigenvalue weighted by Gasteiger charge is 2.23. The van der Waals surface area contributed by atoms with E-state index < -0.39 is 5.54 Å². The van der Waals surface area contributed by atoms with E-state index in [2.05, 4.69) is 10.3 Å². The highest BCUT2D eigenvalue weighted by molar-refractivity contribution is 5.79. The van der Waals surface area contributed by atoms with Crippen molar-refractivity contribution >= 4 is 17.0 Å². The van der Waals surface area contributed by atoms with Crippen LogP contribution in [0.15, 0.2) is 29.0 Å². The molecule has 1 N–H and O–H groups in total. The predicted octanol–water partition coefficient (Wildman–Crippen LogP) is 2.09. The van der Waals surface area contributed by atoms with E-state index in [4.69, 9.17) is 9.68 Å².